The van der Waals surface area contributed by atoms with E-state index in [-0.39, 0.29) is 0 Å². The maximum atomic E-state index is 11.2. The van der Waals surface area contributed by atoms with Crippen LogP contribution in [0, 0.1) is 0 Å². The summed E-state index contributed by atoms with van der Waals surface area (Å²) in [6.45, 7) is 2.21. The standard InChI is InChI=1S/C15H20O/c1-2-3-12-4-6-13(7-5-12)14-8-10-15(16)11-9-14/h4-7,14H,2-3,8-11H2,1H3. The Balaban J connectivity index is 2.01. The van der Waals surface area contributed by atoms with E-state index < -0.39 is 0 Å². The highest BCUT2D eigenvalue weighted by atomic mass is 16.1. The number of carbonyl (C=O) groups excluding carboxylic acids is 1. The van der Waals surface area contributed by atoms with Gasteiger partial charge in [-0.25, -0.2) is 0 Å². The van der Waals surface area contributed by atoms with Gasteiger partial charge in [-0.05, 0) is 36.3 Å². The van der Waals surface area contributed by atoms with Gasteiger partial charge in [-0.1, -0.05) is 37.6 Å². The molecule has 1 heteroatoms. The van der Waals surface area contributed by atoms with Crippen molar-refractivity contribution >= 4 is 5.78 Å². The predicted octanol–water partition coefficient (Wildman–Crippen LogP) is 3.87. The fourth-order valence-electron chi connectivity index (χ4n) is 2.52. The van der Waals surface area contributed by atoms with Gasteiger partial charge < -0.3 is 0 Å². The van der Waals surface area contributed by atoms with Gasteiger partial charge in [0.25, 0.3) is 0 Å². The van der Waals surface area contributed by atoms with Crippen molar-refractivity contribution in [2.45, 2.75) is 51.4 Å². The van der Waals surface area contributed by atoms with Crippen LogP contribution >= 0.6 is 0 Å². The number of hydrogen-bond acceptors (Lipinski definition) is 1. The molecule has 1 nitrogen and oxygen atoms in total. The molecule has 0 N–H and O–H groups in total. The van der Waals surface area contributed by atoms with E-state index in [1.807, 2.05) is 0 Å². The first-order valence-corrected chi connectivity index (χ1v) is 6.40. The summed E-state index contributed by atoms with van der Waals surface area (Å²) in [6.07, 6.45) is 6.03. The van der Waals surface area contributed by atoms with Crippen molar-refractivity contribution in [2.75, 3.05) is 0 Å². The van der Waals surface area contributed by atoms with Crippen LogP contribution in [-0.4, -0.2) is 5.78 Å². The minimum absolute atomic E-state index is 0.443. The van der Waals surface area contributed by atoms with Gasteiger partial charge in [0.1, 0.15) is 5.78 Å². The van der Waals surface area contributed by atoms with Crippen LogP contribution in [0.4, 0.5) is 0 Å². The molecule has 0 heterocycles. The minimum Gasteiger partial charge on any atom is -0.300 e. The summed E-state index contributed by atoms with van der Waals surface area (Å²) in [7, 11) is 0. The molecule has 1 aliphatic rings. The molecule has 0 atom stereocenters. The summed E-state index contributed by atoms with van der Waals surface area (Å²) >= 11 is 0. The lowest BCUT2D eigenvalue weighted by Crippen LogP contribution is -2.12. The third kappa shape index (κ3) is 2.72. The molecule has 1 aromatic rings. The van der Waals surface area contributed by atoms with Gasteiger partial charge in [-0.15, -0.1) is 0 Å². The molecule has 1 saturated carbocycles. The van der Waals surface area contributed by atoms with E-state index in [1.165, 1.54) is 24.0 Å². The molecule has 0 amide bonds. The maximum absolute atomic E-state index is 11.2. The van der Waals surface area contributed by atoms with Crippen molar-refractivity contribution in [3.63, 3.8) is 0 Å². The Morgan fingerprint density at radius 3 is 2.31 bits per heavy atom. The first-order chi connectivity index (χ1) is 7.79. The van der Waals surface area contributed by atoms with Crippen LogP contribution in [0.15, 0.2) is 24.3 Å². The Morgan fingerprint density at radius 2 is 1.75 bits per heavy atom. The normalized spacial score (nSPS) is 17.7. The molecule has 86 valence electrons. The first-order valence-electron chi connectivity index (χ1n) is 6.40. The van der Waals surface area contributed by atoms with E-state index in [1.54, 1.807) is 0 Å². The molecule has 0 unspecified atom stereocenters. The van der Waals surface area contributed by atoms with E-state index in [2.05, 4.69) is 31.2 Å². The summed E-state index contributed by atoms with van der Waals surface area (Å²) in [5.41, 5.74) is 2.85. The number of hydrogen-bond donors (Lipinski definition) is 0. The molecular formula is C15H20O. The minimum atomic E-state index is 0.443. The molecule has 1 aliphatic carbocycles. The average molecular weight is 216 g/mol. The smallest absolute Gasteiger partial charge is 0.132 e. The Kier molecular flexibility index (Phi) is 3.76. The molecule has 0 bridgehead atoms. The van der Waals surface area contributed by atoms with E-state index >= 15 is 0 Å². The lowest BCUT2D eigenvalue weighted by Gasteiger charge is -2.21. The number of benzene rings is 1. The summed E-state index contributed by atoms with van der Waals surface area (Å²) in [5, 5.41) is 0. The molecule has 0 radical (unpaired) electrons. The van der Waals surface area contributed by atoms with Crippen molar-refractivity contribution < 1.29 is 4.79 Å². The van der Waals surface area contributed by atoms with Crippen molar-refractivity contribution in [3.8, 4) is 0 Å². The second-order valence-electron chi connectivity index (χ2n) is 4.80. The molecule has 0 saturated heterocycles. The van der Waals surface area contributed by atoms with E-state index in [0.717, 1.165) is 25.7 Å². The van der Waals surface area contributed by atoms with Gasteiger partial charge in [0, 0.05) is 12.8 Å². The van der Waals surface area contributed by atoms with Crippen LogP contribution in [0.25, 0.3) is 0 Å². The highest BCUT2D eigenvalue weighted by molar-refractivity contribution is 5.79. The summed E-state index contributed by atoms with van der Waals surface area (Å²) < 4.78 is 0. The molecule has 16 heavy (non-hydrogen) atoms. The van der Waals surface area contributed by atoms with Crippen LogP contribution < -0.4 is 0 Å². The zero-order valence-electron chi connectivity index (χ0n) is 10.0. The molecular weight excluding hydrogens is 196 g/mol. The van der Waals surface area contributed by atoms with Crippen LogP contribution in [0.3, 0.4) is 0 Å². The predicted molar refractivity (Wildman–Crippen MR) is 66.7 cm³/mol. The van der Waals surface area contributed by atoms with Crippen LogP contribution in [-0.2, 0) is 11.2 Å². The van der Waals surface area contributed by atoms with Gasteiger partial charge in [-0.2, -0.15) is 0 Å². The van der Waals surface area contributed by atoms with Crippen LogP contribution in [0.5, 0.6) is 0 Å². The van der Waals surface area contributed by atoms with Crippen LogP contribution in [0.1, 0.15) is 56.1 Å². The van der Waals surface area contributed by atoms with Gasteiger partial charge in [0.15, 0.2) is 0 Å². The summed E-state index contributed by atoms with van der Waals surface area (Å²) in [4.78, 5) is 11.2. The monoisotopic (exact) mass is 216 g/mol. The third-order valence-electron chi connectivity index (χ3n) is 3.53. The van der Waals surface area contributed by atoms with Crippen molar-refractivity contribution in [2.24, 2.45) is 0 Å². The largest absolute Gasteiger partial charge is 0.300 e. The molecule has 0 aliphatic heterocycles. The van der Waals surface area contributed by atoms with E-state index in [0.29, 0.717) is 11.7 Å². The fourth-order valence-corrected chi connectivity index (χ4v) is 2.52. The quantitative estimate of drug-likeness (QED) is 0.749. The average Bonchev–Trinajstić information content (AvgIpc) is 2.32. The molecule has 1 fully saturated rings. The number of aryl methyl sites for hydroxylation is 1. The van der Waals surface area contributed by atoms with Crippen molar-refractivity contribution in [3.05, 3.63) is 35.4 Å². The second-order valence-corrected chi connectivity index (χ2v) is 4.80. The summed E-state index contributed by atoms with van der Waals surface area (Å²) in [5.74, 6) is 1.06. The van der Waals surface area contributed by atoms with Crippen LogP contribution in [0.2, 0.25) is 0 Å². The van der Waals surface area contributed by atoms with E-state index in [4.69, 9.17) is 0 Å². The Labute approximate surface area is 97.9 Å². The lowest BCUT2D eigenvalue weighted by atomic mass is 9.83. The maximum Gasteiger partial charge on any atom is 0.132 e. The number of carbonyl (C=O) groups is 1. The Bertz CT molecular complexity index is 340. The third-order valence-corrected chi connectivity index (χ3v) is 3.53. The molecule has 0 spiro atoms. The van der Waals surface area contributed by atoms with Crippen molar-refractivity contribution in [1.29, 1.82) is 0 Å². The van der Waals surface area contributed by atoms with Gasteiger partial charge in [0.05, 0.1) is 0 Å². The Morgan fingerprint density at radius 1 is 1.12 bits per heavy atom. The highest BCUT2D eigenvalue weighted by Gasteiger charge is 2.19. The Hall–Kier alpha value is -1.11. The zero-order valence-corrected chi connectivity index (χ0v) is 10.0. The zero-order chi connectivity index (χ0) is 11.4. The number of rotatable bonds is 3. The van der Waals surface area contributed by atoms with Gasteiger partial charge in [0.2, 0.25) is 0 Å². The SMILES string of the molecule is CCCc1ccc(C2CCC(=O)CC2)cc1. The van der Waals surface area contributed by atoms with E-state index in [9.17, 15) is 4.79 Å². The van der Waals surface area contributed by atoms with Gasteiger partial charge >= 0.3 is 0 Å². The molecule has 1 aromatic carbocycles. The topological polar surface area (TPSA) is 17.1 Å². The second kappa shape index (κ2) is 5.29. The first kappa shape index (κ1) is 11.4. The molecule has 0 aromatic heterocycles. The summed E-state index contributed by atoms with van der Waals surface area (Å²) in [6, 6.07) is 9.00. The molecule has 2 rings (SSSR count). The fraction of sp³-hybridized carbons (Fsp3) is 0.533. The lowest BCUT2D eigenvalue weighted by molar-refractivity contribution is -0.120. The van der Waals surface area contributed by atoms with Gasteiger partial charge in [-0.3, -0.25) is 4.79 Å². The highest BCUT2D eigenvalue weighted by Crippen LogP contribution is 2.31. The van der Waals surface area contributed by atoms with Crippen molar-refractivity contribution in [1.82, 2.24) is 0 Å². The number of ketones is 1. The number of Topliss-reactive ketones (excluding diaryl/α,β-unsaturated/α-hetero) is 1.